The van der Waals surface area contributed by atoms with Gasteiger partial charge in [-0.1, -0.05) is 6.92 Å². The average molecular weight is 277 g/mol. The summed E-state index contributed by atoms with van der Waals surface area (Å²) in [6.07, 6.45) is 3.53. The van der Waals surface area contributed by atoms with Gasteiger partial charge in [-0.05, 0) is 39.8 Å². The van der Waals surface area contributed by atoms with Gasteiger partial charge in [0, 0.05) is 31.6 Å². The SMILES string of the molecule is CCNc1cc(NCC(C)N2CCCC2)nc(CC)n1. The Labute approximate surface area is 122 Å². The number of rotatable bonds is 7. The molecule has 2 heterocycles. The van der Waals surface area contributed by atoms with E-state index in [0.717, 1.165) is 37.0 Å². The number of hydrogen-bond donors (Lipinski definition) is 2. The maximum atomic E-state index is 4.55. The third-order valence-electron chi connectivity index (χ3n) is 3.79. The summed E-state index contributed by atoms with van der Waals surface area (Å²) in [5.41, 5.74) is 0. The molecule has 1 saturated heterocycles. The Morgan fingerprint density at radius 2 is 1.80 bits per heavy atom. The van der Waals surface area contributed by atoms with Crippen LogP contribution in [0.3, 0.4) is 0 Å². The summed E-state index contributed by atoms with van der Waals surface area (Å²) in [4.78, 5) is 11.6. The summed E-state index contributed by atoms with van der Waals surface area (Å²) in [5.74, 6) is 2.73. The lowest BCUT2D eigenvalue weighted by molar-refractivity contribution is 0.269. The van der Waals surface area contributed by atoms with Crippen molar-refractivity contribution in [1.29, 1.82) is 0 Å². The molecule has 20 heavy (non-hydrogen) atoms. The topological polar surface area (TPSA) is 53.1 Å². The summed E-state index contributed by atoms with van der Waals surface area (Å²) >= 11 is 0. The van der Waals surface area contributed by atoms with Crippen LogP contribution in [0.15, 0.2) is 6.07 Å². The fraction of sp³-hybridized carbons (Fsp3) is 0.733. The van der Waals surface area contributed by atoms with E-state index in [1.807, 2.05) is 6.07 Å². The number of anilines is 2. The van der Waals surface area contributed by atoms with Gasteiger partial charge in [0.1, 0.15) is 17.5 Å². The van der Waals surface area contributed by atoms with Crippen molar-refractivity contribution in [3.63, 3.8) is 0 Å². The Hall–Kier alpha value is -1.36. The van der Waals surface area contributed by atoms with Crippen LogP contribution in [-0.2, 0) is 6.42 Å². The second-order valence-corrected chi connectivity index (χ2v) is 5.41. The van der Waals surface area contributed by atoms with Gasteiger partial charge < -0.3 is 10.6 Å². The highest BCUT2D eigenvalue weighted by Crippen LogP contribution is 2.14. The molecule has 0 amide bonds. The van der Waals surface area contributed by atoms with Crippen molar-refractivity contribution in [3.05, 3.63) is 11.9 Å². The van der Waals surface area contributed by atoms with Crippen molar-refractivity contribution in [1.82, 2.24) is 14.9 Å². The van der Waals surface area contributed by atoms with Crippen molar-refractivity contribution in [2.75, 3.05) is 36.8 Å². The number of aryl methyl sites for hydroxylation is 1. The standard InChI is InChI=1S/C15H27N5/c1-4-13-18-14(16-5-2)10-15(19-13)17-11-12(3)20-8-6-7-9-20/h10,12H,4-9,11H2,1-3H3,(H2,16,17,18,19). The fourth-order valence-electron chi connectivity index (χ4n) is 2.58. The zero-order chi connectivity index (χ0) is 14.4. The van der Waals surface area contributed by atoms with Crippen molar-refractivity contribution < 1.29 is 0 Å². The molecular formula is C15H27N5. The second kappa shape index (κ2) is 7.43. The Morgan fingerprint density at radius 3 is 2.40 bits per heavy atom. The van der Waals surface area contributed by atoms with E-state index >= 15 is 0 Å². The summed E-state index contributed by atoms with van der Waals surface area (Å²) in [6, 6.07) is 2.56. The minimum Gasteiger partial charge on any atom is -0.370 e. The lowest BCUT2D eigenvalue weighted by atomic mass is 10.3. The predicted octanol–water partition coefficient (Wildman–Crippen LogP) is 2.37. The van der Waals surface area contributed by atoms with E-state index in [1.165, 1.54) is 25.9 Å². The molecule has 0 spiro atoms. The van der Waals surface area contributed by atoms with Crippen molar-refractivity contribution in [3.8, 4) is 0 Å². The molecule has 2 rings (SSSR count). The van der Waals surface area contributed by atoms with Gasteiger partial charge in [0.25, 0.3) is 0 Å². The minimum absolute atomic E-state index is 0.556. The van der Waals surface area contributed by atoms with Gasteiger partial charge in [0.05, 0.1) is 0 Å². The van der Waals surface area contributed by atoms with Crippen LogP contribution >= 0.6 is 0 Å². The molecule has 5 nitrogen and oxygen atoms in total. The number of nitrogens with zero attached hydrogens (tertiary/aromatic N) is 3. The molecular weight excluding hydrogens is 250 g/mol. The fourth-order valence-corrected chi connectivity index (χ4v) is 2.58. The third kappa shape index (κ3) is 4.07. The van der Waals surface area contributed by atoms with Crippen molar-refractivity contribution in [2.24, 2.45) is 0 Å². The van der Waals surface area contributed by atoms with E-state index in [-0.39, 0.29) is 0 Å². The van der Waals surface area contributed by atoms with Gasteiger partial charge in [0.2, 0.25) is 0 Å². The van der Waals surface area contributed by atoms with Crippen molar-refractivity contribution in [2.45, 2.75) is 46.1 Å². The number of aromatic nitrogens is 2. The molecule has 0 bridgehead atoms. The average Bonchev–Trinajstić information content (AvgIpc) is 2.99. The minimum atomic E-state index is 0.556. The Bertz CT molecular complexity index is 415. The molecule has 5 heteroatoms. The van der Waals surface area contributed by atoms with Gasteiger partial charge >= 0.3 is 0 Å². The maximum absolute atomic E-state index is 4.55. The highest BCUT2D eigenvalue weighted by molar-refractivity contribution is 5.47. The Balaban J connectivity index is 1.95. The molecule has 112 valence electrons. The molecule has 0 radical (unpaired) electrons. The third-order valence-corrected chi connectivity index (χ3v) is 3.79. The maximum Gasteiger partial charge on any atom is 0.132 e. The Kier molecular flexibility index (Phi) is 5.59. The Morgan fingerprint density at radius 1 is 1.15 bits per heavy atom. The molecule has 1 aliphatic heterocycles. The van der Waals surface area contributed by atoms with Crippen LogP contribution in [0.5, 0.6) is 0 Å². The summed E-state index contributed by atoms with van der Waals surface area (Å²) < 4.78 is 0. The lowest BCUT2D eigenvalue weighted by Crippen LogP contribution is -2.35. The van der Waals surface area contributed by atoms with Gasteiger partial charge in [-0.2, -0.15) is 0 Å². The second-order valence-electron chi connectivity index (χ2n) is 5.41. The van der Waals surface area contributed by atoms with Crippen molar-refractivity contribution >= 4 is 11.6 Å². The van der Waals surface area contributed by atoms with E-state index in [2.05, 4.69) is 46.3 Å². The van der Waals surface area contributed by atoms with Crippen LogP contribution in [0, 0.1) is 0 Å². The van der Waals surface area contributed by atoms with Crippen LogP contribution in [0.2, 0.25) is 0 Å². The largest absolute Gasteiger partial charge is 0.370 e. The molecule has 1 atom stereocenters. The summed E-state index contributed by atoms with van der Waals surface area (Å²) in [7, 11) is 0. The first-order valence-corrected chi connectivity index (χ1v) is 7.82. The molecule has 1 aromatic heterocycles. The molecule has 1 aromatic rings. The number of nitrogens with one attached hydrogen (secondary N) is 2. The van der Waals surface area contributed by atoms with Gasteiger partial charge in [-0.3, -0.25) is 4.90 Å². The predicted molar refractivity (Wildman–Crippen MR) is 84.3 cm³/mol. The highest BCUT2D eigenvalue weighted by Gasteiger charge is 2.17. The molecule has 1 aliphatic rings. The summed E-state index contributed by atoms with van der Waals surface area (Å²) in [6.45, 7) is 10.7. The zero-order valence-electron chi connectivity index (χ0n) is 12.9. The van der Waals surface area contributed by atoms with E-state index in [9.17, 15) is 0 Å². The first-order chi connectivity index (χ1) is 9.72. The molecule has 1 fully saturated rings. The molecule has 0 aliphatic carbocycles. The van der Waals surface area contributed by atoms with Crippen LogP contribution in [0.4, 0.5) is 11.6 Å². The summed E-state index contributed by atoms with van der Waals surface area (Å²) in [5, 5.41) is 6.73. The van der Waals surface area contributed by atoms with Gasteiger partial charge in [0.15, 0.2) is 0 Å². The van der Waals surface area contributed by atoms with E-state index in [0.29, 0.717) is 6.04 Å². The van der Waals surface area contributed by atoms with Crippen LogP contribution < -0.4 is 10.6 Å². The van der Waals surface area contributed by atoms with Gasteiger partial charge in [-0.15, -0.1) is 0 Å². The smallest absolute Gasteiger partial charge is 0.132 e. The molecule has 0 saturated carbocycles. The molecule has 0 aromatic carbocycles. The van der Waals surface area contributed by atoms with E-state index in [4.69, 9.17) is 0 Å². The first kappa shape index (κ1) is 15.0. The lowest BCUT2D eigenvalue weighted by Gasteiger charge is -2.24. The number of hydrogen-bond acceptors (Lipinski definition) is 5. The van der Waals surface area contributed by atoms with Crippen LogP contribution in [-0.4, -0.2) is 47.1 Å². The number of likely N-dealkylation sites (tertiary alicyclic amines) is 1. The van der Waals surface area contributed by atoms with Crippen LogP contribution in [0.1, 0.15) is 39.4 Å². The molecule has 1 unspecified atom stereocenters. The normalized spacial score (nSPS) is 17.1. The van der Waals surface area contributed by atoms with E-state index < -0.39 is 0 Å². The molecule has 2 N–H and O–H groups in total. The quantitative estimate of drug-likeness (QED) is 0.801. The zero-order valence-corrected chi connectivity index (χ0v) is 12.9. The highest BCUT2D eigenvalue weighted by atomic mass is 15.2. The monoisotopic (exact) mass is 277 g/mol. The van der Waals surface area contributed by atoms with Crippen LogP contribution in [0.25, 0.3) is 0 Å². The van der Waals surface area contributed by atoms with E-state index in [1.54, 1.807) is 0 Å². The first-order valence-electron chi connectivity index (χ1n) is 7.82. The van der Waals surface area contributed by atoms with Gasteiger partial charge in [-0.25, -0.2) is 9.97 Å².